The van der Waals surface area contributed by atoms with Crippen LogP contribution in [0.3, 0.4) is 0 Å². The molecule has 0 atom stereocenters. The van der Waals surface area contributed by atoms with Crippen molar-refractivity contribution in [1.29, 1.82) is 10.5 Å². The van der Waals surface area contributed by atoms with Crippen LogP contribution in [0.1, 0.15) is 22.3 Å². The minimum Gasteiger partial charge on any atom is -0.438 e. The Balaban J connectivity index is 1.88. The van der Waals surface area contributed by atoms with E-state index in [0.29, 0.717) is 22.7 Å². The number of nitriles is 2. The molecule has 0 aliphatic rings. The van der Waals surface area contributed by atoms with Crippen molar-refractivity contribution >= 4 is 23.1 Å². The number of halogens is 1. The van der Waals surface area contributed by atoms with Crippen molar-refractivity contribution in [3.05, 3.63) is 70.0 Å². The highest BCUT2D eigenvalue weighted by molar-refractivity contribution is 6.28. The zero-order valence-corrected chi connectivity index (χ0v) is 15.4. The number of hydrogen-bond donors (Lipinski definition) is 1. The summed E-state index contributed by atoms with van der Waals surface area (Å²) in [5.74, 6) is 1.36. The van der Waals surface area contributed by atoms with Crippen molar-refractivity contribution in [2.75, 3.05) is 5.32 Å². The van der Waals surface area contributed by atoms with E-state index in [0.717, 1.165) is 16.8 Å². The number of anilines is 2. The first-order valence-corrected chi connectivity index (χ1v) is 8.37. The molecular formula is C20H14ClN5O. The van der Waals surface area contributed by atoms with Crippen LogP contribution in [-0.2, 0) is 0 Å². The largest absolute Gasteiger partial charge is 0.438 e. The van der Waals surface area contributed by atoms with Gasteiger partial charge in [-0.15, -0.1) is 0 Å². The van der Waals surface area contributed by atoms with Crippen LogP contribution >= 0.6 is 11.6 Å². The first kappa shape index (κ1) is 18.2. The van der Waals surface area contributed by atoms with E-state index in [4.69, 9.17) is 26.9 Å². The lowest BCUT2D eigenvalue weighted by Crippen LogP contribution is -1.99. The fraction of sp³-hybridized carbons (Fsp3) is 0.100. The molecule has 0 spiro atoms. The summed E-state index contributed by atoms with van der Waals surface area (Å²) >= 11 is 6.03. The Hall–Kier alpha value is -3.61. The van der Waals surface area contributed by atoms with E-state index in [1.54, 1.807) is 42.5 Å². The lowest BCUT2D eigenvalue weighted by atomic mass is 10.1. The Bertz CT molecular complexity index is 1060. The van der Waals surface area contributed by atoms with Crippen LogP contribution in [0.5, 0.6) is 11.6 Å². The molecule has 7 heteroatoms. The van der Waals surface area contributed by atoms with Crippen LogP contribution < -0.4 is 10.1 Å². The first-order valence-electron chi connectivity index (χ1n) is 7.99. The zero-order chi connectivity index (χ0) is 19.4. The molecule has 1 aromatic heterocycles. The van der Waals surface area contributed by atoms with Crippen molar-refractivity contribution in [2.24, 2.45) is 0 Å². The first-order chi connectivity index (χ1) is 13.0. The molecule has 0 unspecified atom stereocenters. The van der Waals surface area contributed by atoms with E-state index in [-0.39, 0.29) is 11.2 Å². The van der Waals surface area contributed by atoms with E-state index in [1.807, 2.05) is 13.8 Å². The van der Waals surface area contributed by atoms with Gasteiger partial charge in [0.25, 0.3) is 0 Å². The van der Waals surface area contributed by atoms with E-state index >= 15 is 0 Å². The monoisotopic (exact) mass is 375 g/mol. The summed E-state index contributed by atoms with van der Waals surface area (Å²) in [6.45, 7) is 3.73. The van der Waals surface area contributed by atoms with Crippen molar-refractivity contribution in [3.8, 4) is 23.8 Å². The van der Waals surface area contributed by atoms with Gasteiger partial charge >= 0.3 is 0 Å². The van der Waals surface area contributed by atoms with Crippen LogP contribution in [0.25, 0.3) is 0 Å². The molecular weight excluding hydrogens is 362 g/mol. The predicted octanol–water partition coefficient (Wildman–Crippen LogP) is 5.03. The Kier molecular flexibility index (Phi) is 5.21. The smallest absolute Gasteiger partial charge is 0.227 e. The number of hydrogen-bond acceptors (Lipinski definition) is 6. The highest BCUT2D eigenvalue weighted by atomic mass is 35.5. The fourth-order valence-corrected chi connectivity index (χ4v) is 2.74. The standard InChI is InChI=1S/C20H14ClN5O/c1-12-7-15(11-23)8-13(2)19(12)27-18-9-17(25-20(21)26-18)24-16-5-3-14(10-22)4-6-16/h3-9H,1-2H3,(H,24,25,26). The number of nitrogens with zero attached hydrogens (tertiary/aromatic N) is 4. The highest BCUT2D eigenvalue weighted by Crippen LogP contribution is 2.30. The number of rotatable bonds is 4. The summed E-state index contributed by atoms with van der Waals surface area (Å²) in [5.41, 5.74) is 3.53. The third-order valence-corrected chi connectivity index (χ3v) is 3.93. The van der Waals surface area contributed by atoms with Gasteiger partial charge in [0.05, 0.1) is 23.3 Å². The fourth-order valence-electron chi connectivity index (χ4n) is 2.57. The molecule has 0 saturated heterocycles. The number of nitrogens with one attached hydrogen (secondary N) is 1. The third kappa shape index (κ3) is 4.33. The van der Waals surface area contributed by atoms with E-state index in [1.165, 1.54) is 0 Å². The van der Waals surface area contributed by atoms with E-state index in [2.05, 4.69) is 27.4 Å². The molecule has 0 bridgehead atoms. The minimum atomic E-state index is 0.0348. The van der Waals surface area contributed by atoms with Gasteiger partial charge in [-0.3, -0.25) is 0 Å². The maximum atomic E-state index is 9.06. The minimum absolute atomic E-state index is 0.0348. The molecule has 3 rings (SSSR count). The average molecular weight is 376 g/mol. The zero-order valence-electron chi connectivity index (χ0n) is 14.6. The van der Waals surface area contributed by atoms with Gasteiger partial charge in [-0.1, -0.05) is 0 Å². The van der Waals surface area contributed by atoms with Gasteiger partial charge in [0.15, 0.2) is 0 Å². The second kappa shape index (κ2) is 7.74. The molecule has 27 heavy (non-hydrogen) atoms. The van der Waals surface area contributed by atoms with Crippen LogP contribution in [0.4, 0.5) is 11.5 Å². The van der Waals surface area contributed by atoms with Crippen LogP contribution in [0.2, 0.25) is 5.28 Å². The number of aromatic nitrogens is 2. The Labute approximate surface area is 161 Å². The van der Waals surface area contributed by atoms with Gasteiger partial charge in [-0.25, -0.2) is 4.98 Å². The maximum absolute atomic E-state index is 9.06. The van der Waals surface area contributed by atoms with Crippen LogP contribution in [0, 0.1) is 36.5 Å². The molecule has 2 aromatic carbocycles. The molecule has 0 radical (unpaired) electrons. The SMILES string of the molecule is Cc1cc(C#N)cc(C)c1Oc1cc(Nc2ccc(C#N)cc2)nc(Cl)n1. The Morgan fingerprint density at radius 2 is 1.56 bits per heavy atom. The molecule has 132 valence electrons. The highest BCUT2D eigenvalue weighted by Gasteiger charge is 2.11. The van der Waals surface area contributed by atoms with Crippen molar-refractivity contribution in [3.63, 3.8) is 0 Å². The third-order valence-electron chi connectivity index (χ3n) is 3.76. The van der Waals surface area contributed by atoms with E-state index < -0.39 is 0 Å². The predicted molar refractivity (Wildman–Crippen MR) is 102 cm³/mol. The van der Waals surface area contributed by atoms with Gasteiger partial charge in [0.2, 0.25) is 11.2 Å². The number of ether oxygens (including phenoxy) is 1. The van der Waals surface area contributed by atoms with Crippen molar-refractivity contribution < 1.29 is 4.74 Å². The molecule has 6 nitrogen and oxygen atoms in total. The van der Waals surface area contributed by atoms with Crippen LogP contribution in [0.15, 0.2) is 42.5 Å². The normalized spacial score (nSPS) is 9.96. The van der Waals surface area contributed by atoms with Crippen molar-refractivity contribution in [1.82, 2.24) is 9.97 Å². The number of aryl methyl sites for hydroxylation is 2. The molecule has 1 N–H and O–H groups in total. The average Bonchev–Trinajstić information content (AvgIpc) is 2.64. The quantitative estimate of drug-likeness (QED) is 0.643. The Morgan fingerprint density at radius 3 is 2.15 bits per heavy atom. The van der Waals surface area contributed by atoms with Gasteiger partial charge < -0.3 is 10.1 Å². The topological polar surface area (TPSA) is 94.6 Å². The molecule has 0 aliphatic heterocycles. The summed E-state index contributed by atoms with van der Waals surface area (Å²) in [5, 5.41) is 21.1. The molecule has 3 aromatic rings. The lowest BCUT2D eigenvalue weighted by molar-refractivity contribution is 0.455. The summed E-state index contributed by atoms with van der Waals surface area (Å²) < 4.78 is 5.91. The Morgan fingerprint density at radius 1 is 0.926 bits per heavy atom. The van der Waals surface area contributed by atoms with Crippen molar-refractivity contribution in [2.45, 2.75) is 13.8 Å². The lowest BCUT2D eigenvalue weighted by Gasteiger charge is -2.13. The molecule has 1 heterocycles. The van der Waals surface area contributed by atoms with Gasteiger partial charge in [-0.2, -0.15) is 15.5 Å². The summed E-state index contributed by atoms with van der Waals surface area (Å²) in [6, 6.07) is 16.3. The summed E-state index contributed by atoms with van der Waals surface area (Å²) in [6.07, 6.45) is 0. The summed E-state index contributed by atoms with van der Waals surface area (Å²) in [4.78, 5) is 8.25. The number of benzene rings is 2. The molecule has 0 saturated carbocycles. The van der Waals surface area contributed by atoms with Gasteiger partial charge in [-0.05, 0) is 73.0 Å². The maximum Gasteiger partial charge on any atom is 0.227 e. The van der Waals surface area contributed by atoms with Gasteiger partial charge in [0, 0.05) is 11.8 Å². The van der Waals surface area contributed by atoms with E-state index in [9.17, 15) is 0 Å². The molecule has 0 fully saturated rings. The second-order valence-electron chi connectivity index (χ2n) is 5.83. The second-order valence-corrected chi connectivity index (χ2v) is 6.17. The summed E-state index contributed by atoms with van der Waals surface area (Å²) in [7, 11) is 0. The molecule has 0 amide bonds. The van der Waals surface area contributed by atoms with Crippen LogP contribution in [-0.4, -0.2) is 9.97 Å². The van der Waals surface area contributed by atoms with Gasteiger partial charge in [0.1, 0.15) is 11.6 Å². The molecule has 0 aliphatic carbocycles.